The van der Waals surface area contributed by atoms with Crippen molar-refractivity contribution in [1.29, 1.82) is 0 Å². The predicted octanol–water partition coefficient (Wildman–Crippen LogP) is 12.7. The number of unbranched alkanes of at least 4 members (excludes halogenated alkanes) is 38. The molecule has 11 heteroatoms. The first-order valence-electron chi connectivity index (χ1n) is 30.1. The predicted molar refractivity (Wildman–Crippen MR) is 289 cm³/mol. The maximum atomic E-state index is 13.2. The molecule has 0 radical (unpaired) electrons. The molecule has 9 atom stereocenters. The molecule has 1 rings (SSSR count). The van der Waals surface area contributed by atoms with Crippen LogP contribution >= 0.6 is 0 Å². The Morgan fingerprint density at radius 3 is 1.20 bits per heavy atom. The Labute approximate surface area is 430 Å². The van der Waals surface area contributed by atoms with Crippen molar-refractivity contribution in [3.05, 3.63) is 12.2 Å². The first-order valence-corrected chi connectivity index (χ1v) is 30.1. The molecule has 0 saturated carbocycles. The van der Waals surface area contributed by atoms with Crippen molar-refractivity contribution in [2.75, 3.05) is 13.2 Å². The zero-order valence-electron chi connectivity index (χ0n) is 45.5. The van der Waals surface area contributed by atoms with Crippen LogP contribution in [-0.2, 0) is 14.3 Å². The van der Waals surface area contributed by atoms with Crippen molar-refractivity contribution in [2.24, 2.45) is 0 Å². The van der Waals surface area contributed by atoms with Crippen LogP contribution in [0.3, 0.4) is 0 Å². The molecule has 1 fully saturated rings. The van der Waals surface area contributed by atoms with Crippen LogP contribution in [0.15, 0.2) is 12.2 Å². The Balaban J connectivity index is 2.22. The number of ether oxygens (including phenoxy) is 2. The van der Waals surface area contributed by atoms with E-state index >= 15 is 0 Å². The fourth-order valence-electron chi connectivity index (χ4n) is 9.91. The monoisotopic (exact) mass is 998 g/mol. The molecule has 1 aliphatic heterocycles. The van der Waals surface area contributed by atoms with Gasteiger partial charge >= 0.3 is 0 Å². The van der Waals surface area contributed by atoms with Gasteiger partial charge in [-0.15, -0.1) is 0 Å². The maximum Gasteiger partial charge on any atom is 0.249 e. The number of hydrogen-bond acceptors (Lipinski definition) is 10. The lowest BCUT2D eigenvalue weighted by Crippen LogP contribution is -2.60. The van der Waals surface area contributed by atoms with Crippen molar-refractivity contribution in [2.45, 2.75) is 345 Å². The SMILES string of the molecule is CCCCCCCCCCCCCC/C=C\CCCCCCCCCCCCCCCC(O)C(=O)NC(COC1OC(CO)C(O)C(O)C1O)C(O)C(O)CCCCCCCCCCCCCCCC. The number of carbonyl (C=O) groups excluding carboxylic acids is 1. The highest BCUT2D eigenvalue weighted by Crippen LogP contribution is 2.24. The lowest BCUT2D eigenvalue weighted by molar-refractivity contribution is -0.303. The van der Waals surface area contributed by atoms with Crippen LogP contribution in [0.1, 0.15) is 290 Å². The maximum absolute atomic E-state index is 13.2. The average molecular weight is 999 g/mol. The minimum Gasteiger partial charge on any atom is -0.394 e. The highest BCUT2D eigenvalue weighted by atomic mass is 16.7. The lowest BCUT2D eigenvalue weighted by atomic mass is 9.98. The topological polar surface area (TPSA) is 189 Å². The van der Waals surface area contributed by atoms with Crippen LogP contribution in [0.5, 0.6) is 0 Å². The van der Waals surface area contributed by atoms with E-state index in [9.17, 15) is 40.5 Å². The molecular weight excluding hydrogens is 883 g/mol. The first-order chi connectivity index (χ1) is 34.2. The Morgan fingerprint density at radius 1 is 0.486 bits per heavy atom. The Bertz CT molecular complexity index is 1140. The summed E-state index contributed by atoms with van der Waals surface area (Å²) in [6.07, 6.45) is 45.6. The lowest BCUT2D eigenvalue weighted by Gasteiger charge is -2.40. The summed E-state index contributed by atoms with van der Waals surface area (Å²) < 4.78 is 11.1. The number of aliphatic hydroxyl groups is 7. The van der Waals surface area contributed by atoms with Crippen molar-refractivity contribution >= 4 is 5.91 Å². The molecule has 1 aliphatic rings. The molecule has 11 nitrogen and oxygen atoms in total. The molecule has 1 heterocycles. The van der Waals surface area contributed by atoms with Gasteiger partial charge < -0.3 is 50.5 Å². The molecule has 0 aliphatic carbocycles. The summed E-state index contributed by atoms with van der Waals surface area (Å²) in [5.41, 5.74) is 0. The minimum absolute atomic E-state index is 0.263. The molecule has 9 unspecified atom stereocenters. The molecule has 0 aromatic heterocycles. The summed E-state index contributed by atoms with van der Waals surface area (Å²) in [7, 11) is 0. The molecule has 0 spiro atoms. The van der Waals surface area contributed by atoms with Gasteiger partial charge in [-0.05, 0) is 38.5 Å². The summed E-state index contributed by atoms with van der Waals surface area (Å²) in [6.45, 7) is 3.48. The van der Waals surface area contributed by atoms with Gasteiger partial charge in [-0.3, -0.25) is 4.79 Å². The van der Waals surface area contributed by atoms with E-state index in [2.05, 4.69) is 31.3 Å². The zero-order valence-corrected chi connectivity index (χ0v) is 45.5. The largest absolute Gasteiger partial charge is 0.394 e. The normalized spacial score (nSPS) is 20.3. The third-order valence-corrected chi connectivity index (χ3v) is 14.8. The molecular formula is C59H115NO10. The van der Waals surface area contributed by atoms with E-state index in [1.165, 1.54) is 212 Å². The number of carbonyl (C=O) groups is 1. The van der Waals surface area contributed by atoms with Crippen LogP contribution < -0.4 is 5.32 Å². The summed E-state index contributed by atoms with van der Waals surface area (Å²) >= 11 is 0. The van der Waals surface area contributed by atoms with Gasteiger partial charge in [0.2, 0.25) is 5.91 Å². The van der Waals surface area contributed by atoms with E-state index in [1.807, 2.05) is 0 Å². The average Bonchev–Trinajstić information content (AvgIpc) is 3.36. The van der Waals surface area contributed by atoms with Crippen LogP contribution in [0.2, 0.25) is 0 Å². The first kappa shape index (κ1) is 66.9. The summed E-state index contributed by atoms with van der Waals surface area (Å²) in [5.74, 6) is -0.692. The van der Waals surface area contributed by atoms with E-state index in [4.69, 9.17) is 9.47 Å². The minimum atomic E-state index is -1.66. The third kappa shape index (κ3) is 36.7. The number of rotatable bonds is 52. The van der Waals surface area contributed by atoms with Crippen molar-refractivity contribution in [1.82, 2.24) is 5.32 Å². The van der Waals surface area contributed by atoms with Gasteiger partial charge in [0.1, 0.15) is 36.6 Å². The van der Waals surface area contributed by atoms with Gasteiger partial charge in [0.15, 0.2) is 6.29 Å². The summed E-state index contributed by atoms with van der Waals surface area (Å²) in [6, 6.07) is -1.16. The highest BCUT2D eigenvalue weighted by Gasteiger charge is 2.44. The van der Waals surface area contributed by atoms with Gasteiger partial charge in [0.25, 0.3) is 0 Å². The molecule has 416 valence electrons. The standard InChI is InChI=1S/C59H115NO10/c1-3-5-7-9-11-13-15-17-19-20-21-22-23-24-25-26-27-28-29-30-31-32-33-35-37-39-41-43-45-47-52(63)58(68)60-50(49-69-59-57(67)56(66)55(65)53(48-61)70-59)54(64)51(62)46-44-42-40-38-36-34-18-16-14-12-10-8-6-4-2/h24-25,50-57,59,61-67H,3-23,26-49H2,1-2H3,(H,60,68)/b25-24-. The van der Waals surface area contributed by atoms with E-state index in [1.54, 1.807) is 0 Å². The fraction of sp³-hybridized carbons (Fsp3) is 0.949. The zero-order chi connectivity index (χ0) is 51.1. The van der Waals surface area contributed by atoms with E-state index in [0.29, 0.717) is 19.3 Å². The second-order valence-corrected chi connectivity index (χ2v) is 21.4. The van der Waals surface area contributed by atoms with Crippen molar-refractivity contribution in [3.63, 3.8) is 0 Å². The number of allylic oxidation sites excluding steroid dienone is 2. The van der Waals surface area contributed by atoms with E-state index in [0.717, 1.165) is 38.5 Å². The number of aliphatic hydroxyl groups excluding tert-OH is 7. The molecule has 1 amide bonds. The van der Waals surface area contributed by atoms with Crippen molar-refractivity contribution in [3.8, 4) is 0 Å². The number of hydrogen-bond donors (Lipinski definition) is 8. The Morgan fingerprint density at radius 2 is 0.829 bits per heavy atom. The van der Waals surface area contributed by atoms with Gasteiger partial charge in [0.05, 0.1) is 25.4 Å². The smallest absolute Gasteiger partial charge is 0.249 e. The molecule has 0 aromatic carbocycles. The highest BCUT2D eigenvalue weighted by molar-refractivity contribution is 5.80. The molecule has 70 heavy (non-hydrogen) atoms. The van der Waals surface area contributed by atoms with E-state index in [-0.39, 0.29) is 6.42 Å². The fourth-order valence-corrected chi connectivity index (χ4v) is 9.91. The van der Waals surface area contributed by atoms with Crippen LogP contribution in [0.4, 0.5) is 0 Å². The third-order valence-electron chi connectivity index (χ3n) is 14.8. The van der Waals surface area contributed by atoms with Gasteiger partial charge in [-0.2, -0.15) is 0 Å². The van der Waals surface area contributed by atoms with Crippen LogP contribution in [0, 0.1) is 0 Å². The molecule has 8 N–H and O–H groups in total. The number of amides is 1. The molecule has 0 bridgehead atoms. The van der Waals surface area contributed by atoms with Gasteiger partial charge in [-0.25, -0.2) is 0 Å². The number of nitrogens with one attached hydrogen (secondary N) is 1. The second-order valence-electron chi connectivity index (χ2n) is 21.4. The van der Waals surface area contributed by atoms with Crippen molar-refractivity contribution < 1.29 is 50.0 Å². The molecule has 1 saturated heterocycles. The van der Waals surface area contributed by atoms with Crippen LogP contribution in [0.25, 0.3) is 0 Å². The van der Waals surface area contributed by atoms with Crippen LogP contribution in [-0.4, -0.2) is 110 Å². The Kier molecular flexibility index (Phi) is 46.6. The van der Waals surface area contributed by atoms with Gasteiger partial charge in [0, 0.05) is 0 Å². The second kappa shape index (κ2) is 48.8. The summed E-state index contributed by atoms with van der Waals surface area (Å²) in [4.78, 5) is 13.2. The van der Waals surface area contributed by atoms with Gasteiger partial charge in [-0.1, -0.05) is 264 Å². The summed E-state index contributed by atoms with van der Waals surface area (Å²) in [5, 5.41) is 76.1. The quantitative estimate of drug-likeness (QED) is 0.0215. The Hall–Kier alpha value is -1.15. The van der Waals surface area contributed by atoms with E-state index < -0.39 is 74.2 Å². The molecule has 0 aromatic rings.